The largest absolute Gasteiger partial charge is 0.464 e. The molecule has 0 aliphatic heterocycles. The summed E-state index contributed by atoms with van der Waals surface area (Å²) in [5.41, 5.74) is -0.461. The van der Waals surface area contributed by atoms with Gasteiger partial charge < -0.3 is 10.1 Å². The number of hydrogen-bond acceptors (Lipinski definition) is 8. The van der Waals surface area contributed by atoms with E-state index in [2.05, 4.69) is 30.2 Å². The first-order valence-electron chi connectivity index (χ1n) is 5.51. The van der Waals surface area contributed by atoms with Crippen LogP contribution in [-0.2, 0) is 4.74 Å². The number of hydrogen-bond donors (Lipinski definition) is 2. The maximum atomic E-state index is 11.6. The van der Waals surface area contributed by atoms with E-state index in [1.807, 2.05) is 0 Å². The van der Waals surface area contributed by atoms with Crippen molar-refractivity contribution in [1.29, 1.82) is 0 Å². The van der Waals surface area contributed by atoms with Gasteiger partial charge in [0, 0.05) is 11.8 Å². The Morgan fingerprint density at radius 1 is 1.52 bits per heavy atom. The summed E-state index contributed by atoms with van der Waals surface area (Å²) in [6.07, 6.45) is 0. The highest BCUT2D eigenvalue weighted by Crippen LogP contribution is 2.29. The molecule has 110 valence electrons. The SMILES string of the molecule is COC(=O)c1nc(Cl)nc(Nc2cc(C)[nH]n2)c1[N+](=O)[O-]. The normalized spacial score (nSPS) is 10.2. The molecule has 21 heavy (non-hydrogen) atoms. The zero-order valence-electron chi connectivity index (χ0n) is 10.9. The molecular weight excluding hydrogens is 304 g/mol. The fourth-order valence-electron chi connectivity index (χ4n) is 1.53. The third-order valence-corrected chi connectivity index (χ3v) is 2.54. The van der Waals surface area contributed by atoms with E-state index in [1.165, 1.54) is 0 Å². The summed E-state index contributed by atoms with van der Waals surface area (Å²) in [7, 11) is 1.08. The number of nitro groups is 1. The first-order chi connectivity index (χ1) is 9.92. The predicted octanol–water partition coefficient (Wildman–Crippen LogP) is 1.60. The Labute approximate surface area is 122 Å². The molecule has 0 aromatic carbocycles. The topological polar surface area (TPSA) is 136 Å². The molecule has 2 aromatic rings. The standard InChI is InChI=1S/C10H9ClN6O4/c1-4-3-5(16-15-4)12-8-7(17(19)20)6(9(18)21-2)13-10(11)14-8/h3H,1-2H3,(H2,12,13,14,15,16). The van der Waals surface area contributed by atoms with E-state index in [0.29, 0.717) is 0 Å². The first-order valence-corrected chi connectivity index (χ1v) is 5.89. The molecule has 2 heterocycles. The number of nitrogens with zero attached hydrogens (tertiary/aromatic N) is 4. The number of nitrogens with one attached hydrogen (secondary N) is 2. The molecule has 0 amide bonds. The Kier molecular flexibility index (Phi) is 3.98. The number of carbonyl (C=O) groups is 1. The van der Waals surface area contributed by atoms with Crippen LogP contribution >= 0.6 is 11.6 Å². The molecule has 0 aliphatic carbocycles. The summed E-state index contributed by atoms with van der Waals surface area (Å²) in [4.78, 5) is 29.2. The fourth-order valence-corrected chi connectivity index (χ4v) is 1.70. The minimum Gasteiger partial charge on any atom is -0.464 e. The summed E-state index contributed by atoms with van der Waals surface area (Å²) >= 11 is 5.68. The number of aryl methyl sites for hydroxylation is 1. The number of esters is 1. The number of carbonyl (C=O) groups excluding carboxylic acids is 1. The number of aromatic nitrogens is 4. The van der Waals surface area contributed by atoms with Crippen molar-refractivity contribution in [3.63, 3.8) is 0 Å². The molecule has 2 rings (SSSR count). The second-order valence-corrected chi connectivity index (χ2v) is 4.19. The molecule has 2 N–H and O–H groups in total. The molecular formula is C10H9ClN6O4. The molecule has 0 saturated heterocycles. The molecule has 0 unspecified atom stereocenters. The van der Waals surface area contributed by atoms with Crippen molar-refractivity contribution < 1.29 is 14.5 Å². The smallest absolute Gasteiger partial charge is 0.364 e. The highest BCUT2D eigenvalue weighted by Gasteiger charge is 2.30. The number of methoxy groups -OCH3 is 1. The summed E-state index contributed by atoms with van der Waals surface area (Å²) < 4.78 is 4.45. The van der Waals surface area contributed by atoms with Crippen molar-refractivity contribution in [3.05, 3.63) is 32.9 Å². The van der Waals surface area contributed by atoms with Gasteiger partial charge in [-0.2, -0.15) is 10.1 Å². The Morgan fingerprint density at radius 3 is 2.76 bits per heavy atom. The maximum absolute atomic E-state index is 11.6. The van der Waals surface area contributed by atoms with Crippen molar-refractivity contribution in [2.45, 2.75) is 6.92 Å². The van der Waals surface area contributed by atoms with E-state index in [-0.39, 0.29) is 16.9 Å². The van der Waals surface area contributed by atoms with Crippen LogP contribution in [0.5, 0.6) is 0 Å². The molecule has 10 nitrogen and oxygen atoms in total. The molecule has 0 fully saturated rings. The lowest BCUT2D eigenvalue weighted by molar-refractivity contribution is -0.384. The van der Waals surface area contributed by atoms with Gasteiger partial charge in [0.15, 0.2) is 5.82 Å². The van der Waals surface area contributed by atoms with Gasteiger partial charge >= 0.3 is 11.7 Å². The monoisotopic (exact) mass is 312 g/mol. The molecule has 0 atom stereocenters. The van der Waals surface area contributed by atoms with Crippen LogP contribution in [0.15, 0.2) is 6.07 Å². The number of halogens is 1. The van der Waals surface area contributed by atoms with Gasteiger partial charge in [-0.3, -0.25) is 15.2 Å². The zero-order chi connectivity index (χ0) is 15.6. The second kappa shape index (κ2) is 5.71. The number of anilines is 2. The minimum absolute atomic E-state index is 0.257. The summed E-state index contributed by atoms with van der Waals surface area (Å²) in [6.45, 7) is 1.75. The van der Waals surface area contributed by atoms with Crippen LogP contribution in [0.3, 0.4) is 0 Å². The third kappa shape index (κ3) is 3.05. The van der Waals surface area contributed by atoms with E-state index < -0.39 is 22.3 Å². The Morgan fingerprint density at radius 2 is 2.24 bits per heavy atom. The maximum Gasteiger partial charge on any atom is 0.364 e. The van der Waals surface area contributed by atoms with Crippen molar-refractivity contribution in [2.75, 3.05) is 12.4 Å². The van der Waals surface area contributed by atoms with E-state index in [9.17, 15) is 14.9 Å². The van der Waals surface area contributed by atoms with Gasteiger partial charge in [-0.05, 0) is 18.5 Å². The first kappa shape index (κ1) is 14.7. The van der Waals surface area contributed by atoms with Gasteiger partial charge in [0.2, 0.25) is 16.8 Å². The molecule has 0 bridgehead atoms. The van der Waals surface area contributed by atoms with Gasteiger partial charge in [0.25, 0.3) is 0 Å². The molecule has 0 spiro atoms. The minimum atomic E-state index is -0.993. The highest BCUT2D eigenvalue weighted by molar-refractivity contribution is 6.28. The van der Waals surface area contributed by atoms with E-state index in [0.717, 1.165) is 12.8 Å². The van der Waals surface area contributed by atoms with Gasteiger partial charge in [0.1, 0.15) is 0 Å². The molecule has 0 aliphatic rings. The Bertz CT molecular complexity index is 716. The lowest BCUT2D eigenvalue weighted by Crippen LogP contribution is -2.12. The second-order valence-electron chi connectivity index (χ2n) is 3.85. The van der Waals surface area contributed by atoms with Crippen molar-refractivity contribution in [2.24, 2.45) is 0 Å². The summed E-state index contributed by atoms with van der Waals surface area (Å²) in [6, 6.07) is 1.59. The van der Waals surface area contributed by atoms with Crippen LogP contribution in [0.4, 0.5) is 17.3 Å². The quantitative estimate of drug-likeness (QED) is 0.376. The average molecular weight is 313 g/mol. The van der Waals surface area contributed by atoms with Crippen LogP contribution in [-0.4, -0.2) is 38.2 Å². The predicted molar refractivity (Wildman–Crippen MR) is 71.6 cm³/mol. The number of rotatable bonds is 4. The van der Waals surface area contributed by atoms with Crippen LogP contribution in [0.1, 0.15) is 16.2 Å². The molecule has 0 saturated carbocycles. The average Bonchev–Trinajstić information content (AvgIpc) is 2.82. The van der Waals surface area contributed by atoms with Gasteiger partial charge in [-0.1, -0.05) is 0 Å². The number of H-pyrrole nitrogens is 1. The van der Waals surface area contributed by atoms with Crippen LogP contribution < -0.4 is 5.32 Å². The Balaban J connectivity index is 2.55. The number of aromatic amines is 1. The van der Waals surface area contributed by atoms with Crippen LogP contribution in [0.25, 0.3) is 0 Å². The van der Waals surface area contributed by atoms with Crippen LogP contribution in [0, 0.1) is 17.0 Å². The molecule has 11 heteroatoms. The van der Waals surface area contributed by atoms with Crippen molar-refractivity contribution in [1.82, 2.24) is 20.2 Å². The highest BCUT2D eigenvalue weighted by atomic mass is 35.5. The zero-order valence-corrected chi connectivity index (χ0v) is 11.6. The van der Waals surface area contributed by atoms with Gasteiger partial charge in [-0.25, -0.2) is 9.78 Å². The van der Waals surface area contributed by atoms with E-state index in [4.69, 9.17) is 11.6 Å². The van der Waals surface area contributed by atoms with Crippen molar-refractivity contribution in [3.8, 4) is 0 Å². The summed E-state index contributed by atoms with van der Waals surface area (Å²) in [5, 5.41) is 20.0. The van der Waals surface area contributed by atoms with Crippen molar-refractivity contribution >= 4 is 34.9 Å². The van der Waals surface area contributed by atoms with Gasteiger partial charge in [-0.15, -0.1) is 0 Å². The third-order valence-electron chi connectivity index (χ3n) is 2.37. The molecule has 2 aromatic heterocycles. The summed E-state index contributed by atoms with van der Waals surface area (Å²) in [5.74, 6) is -0.972. The fraction of sp³-hybridized carbons (Fsp3) is 0.200. The Hall–Kier alpha value is -2.75. The number of ether oxygens (including phenoxy) is 1. The van der Waals surface area contributed by atoms with Gasteiger partial charge in [0.05, 0.1) is 12.0 Å². The lowest BCUT2D eigenvalue weighted by Gasteiger charge is -2.06. The van der Waals surface area contributed by atoms with E-state index in [1.54, 1.807) is 13.0 Å². The van der Waals surface area contributed by atoms with Crippen LogP contribution in [0.2, 0.25) is 5.28 Å². The molecule has 0 radical (unpaired) electrons. The lowest BCUT2D eigenvalue weighted by atomic mass is 10.3. The van der Waals surface area contributed by atoms with E-state index >= 15 is 0 Å².